The van der Waals surface area contributed by atoms with E-state index in [2.05, 4.69) is 26.4 Å². The number of rotatable bonds is 6. The molecule has 1 atom stereocenters. The Morgan fingerprint density at radius 2 is 2.17 bits per heavy atom. The number of aryl methyl sites for hydroxylation is 2. The fourth-order valence-corrected chi connectivity index (χ4v) is 3.45. The van der Waals surface area contributed by atoms with Gasteiger partial charge in [0.1, 0.15) is 17.5 Å². The van der Waals surface area contributed by atoms with Crippen LogP contribution in [0.15, 0.2) is 29.3 Å². The molecule has 3 rings (SSSR count). The fraction of sp³-hybridized carbons (Fsp3) is 0.476. The summed E-state index contributed by atoms with van der Waals surface area (Å²) >= 11 is 0. The van der Waals surface area contributed by atoms with Gasteiger partial charge in [0.05, 0.1) is 17.5 Å². The van der Waals surface area contributed by atoms with Crippen molar-refractivity contribution in [1.82, 2.24) is 20.0 Å². The van der Waals surface area contributed by atoms with E-state index in [-0.39, 0.29) is 6.10 Å². The minimum atomic E-state index is -0.286. The zero-order valence-electron chi connectivity index (χ0n) is 17.1. The van der Waals surface area contributed by atoms with Gasteiger partial charge < -0.3 is 21.1 Å². The molecule has 1 aliphatic rings. The number of hydrogen-bond donors (Lipinski definition) is 3. The van der Waals surface area contributed by atoms with Gasteiger partial charge in [0, 0.05) is 26.2 Å². The number of aliphatic imine (C=N–C) groups is 1. The number of aliphatic hydroxyl groups is 1. The first-order chi connectivity index (χ1) is 14.0. The molecular formula is C21H29N7O. The highest BCUT2D eigenvalue weighted by atomic mass is 16.3. The second-order valence-corrected chi connectivity index (χ2v) is 7.29. The second kappa shape index (κ2) is 9.43. The van der Waals surface area contributed by atoms with Gasteiger partial charge in [-0.2, -0.15) is 10.4 Å². The summed E-state index contributed by atoms with van der Waals surface area (Å²) in [6.45, 7) is 6.86. The number of anilines is 1. The molecule has 0 aliphatic carbocycles. The van der Waals surface area contributed by atoms with Crippen molar-refractivity contribution >= 4 is 11.8 Å². The maximum atomic E-state index is 9.75. The topological polar surface area (TPSA) is 115 Å². The monoisotopic (exact) mass is 395 g/mol. The van der Waals surface area contributed by atoms with Crippen LogP contribution in [0.25, 0.3) is 5.69 Å². The van der Waals surface area contributed by atoms with Crippen LogP contribution in [0.5, 0.6) is 0 Å². The van der Waals surface area contributed by atoms with Crippen molar-refractivity contribution in [2.24, 2.45) is 4.99 Å². The van der Waals surface area contributed by atoms with E-state index in [1.165, 1.54) is 0 Å². The van der Waals surface area contributed by atoms with E-state index in [9.17, 15) is 10.4 Å². The van der Waals surface area contributed by atoms with Gasteiger partial charge in [-0.3, -0.25) is 4.99 Å². The number of nitrogens with zero attached hydrogens (tertiary/aromatic N) is 5. The molecule has 8 nitrogen and oxygen atoms in total. The van der Waals surface area contributed by atoms with E-state index in [4.69, 9.17) is 5.73 Å². The Morgan fingerprint density at radius 3 is 2.79 bits per heavy atom. The van der Waals surface area contributed by atoms with Crippen molar-refractivity contribution in [2.45, 2.75) is 39.2 Å². The molecule has 154 valence electrons. The van der Waals surface area contributed by atoms with E-state index >= 15 is 0 Å². The smallest absolute Gasteiger partial charge is 0.194 e. The van der Waals surface area contributed by atoms with Crippen molar-refractivity contribution < 1.29 is 5.11 Å². The molecule has 1 saturated heterocycles. The lowest BCUT2D eigenvalue weighted by Gasteiger charge is -2.20. The molecule has 0 bridgehead atoms. The molecular weight excluding hydrogens is 366 g/mol. The molecule has 2 heterocycles. The van der Waals surface area contributed by atoms with Crippen LogP contribution >= 0.6 is 0 Å². The third-order valence-corrected chi connectivity index (χ3v) is 5.02. The normalized spacial score (nSPS) is 16.8. The van der Waals surface area contributed by atoms with Crippen LogP contribution in [0, 0.1) is 18.3 Å². The van der Waals surface area contributed by atoms with Crippen LogP contribution in [0.2, 0.25) is 0 Å². The molecule has 2 aromatic rings. The zero-order valence-corrected chi connectivity index (χ0v) is 17.1. The van der Waals surface area contributed by atoms with Crippen molar-refractivity contribution in [2.75, 3.05) is 31.9 Å². The molecule has 1 aromatic carbocycles. The Hall–Kier alpha value is -3.05. The average molecular weight is 396 g/mol. The van der Waals surface area contributed by atoms with Gasteiger partial charge in [-0.05, 0) is 45.2 Å². The summed E-state index contributed by atoms with van der Waals surface area (Å²) in [4.78, 5) is 6.75. The first kappa shape index (κ1) is 20.7. The van der Waals surface area contributed by atoms with Crippen LogP contribution in [0.1, 0.15) is 36.6 Å². The highest BCUT2D eigenvalue weighted by Crippen LogP contribution is 2.22. The molecule has 4 N–H and O–H groups in total. The first-order valence-electron chi connectivity index (χ1n) is 10.1. The maximum absolute atomic E-state index is 9.75. The van der Waals surface area contributed by atoms with E-state index in [0.717, 1.165) is 43.1 Å². The third kappa shape index (κ3) is 4.87. The Kier molecular flexibility index (Phi) is 6.73. The van der Waals surface area contributed by atoms with Crippen molar-refractivity contribution in [1.29, 1.82) is 5.26 Å². The molecule has 0 amide bonds. The largest absolute Gasteiger partial charge is 0.391 e. The molecule has 0 unspecified atom stereocenters. The summed E-state index contributed by atoms with van der Waals surface area (Å²) in [6.07, 6.45) is 1.86. The standard InChI is InChI=1S/C21H29N7O/c1-3-24-21(27-12-10-17(29)14-27)25-11-4-5-19-18(13-22)20(23)28(26-19)16-8-6-15(2)7-9-16/h6-9,17,29H,3-5,10-12,14,23H2,1-2H3,(H,24,25)/t17-/m1/s1. The minimum Gasteiger partial charge on any atom is -0.391 e. The van der Waals surface area contributed by atoms with E-state index in [1.807, 2.05) is 38.1 Å². The van der Waals surface area contributed by atoms with Crippen molar-refractivity contribution in [3.8, 4) is 11.8 Å². The molecule has 0 radical (unpaired) electrons. The van der Waals surface area contributed by atoms with Crippen LogP contribution in [-0.2, 0) is 6.42 Å². The number of guanidine groups is 1. The Morgan fingerprint density at radius 1 is 1.41 bits per heavy atom. The summed E-state index contributed by atoms with van der Waals surface area (Å²) in [5.41, 5.74) is 9.31. The number of nitrogens with one attached hydrogen (secondary N) is 1. The number of hydrogen-bond acceptors (Lipinski definition) is 5. The quantitative estimate of drug-likeness (QED) is 0.389. The van der Waals surface area contributed by atoms with Gasteiger partial charge in [-0.15, -0.1) is 0 Å². The van der Waals surface area contributed by atoms with Crippen LogP contribution in [0.4, 0.5) is 5.82 Å². The number of aromatic nitrogens is 2. The molecule has 1 aromatic heterocycles. The number of aliphatic hydroxyl groups excluding tert-OH is 1. The predicted octanol–water partition coefficient (Wildman–Crippen LogP) is 1.60. The summed E-state index contributed by atoms with van der Waals surface area (Å²) in [6, 6.07) is 10.1. The van der Waals surface area contributed by atoms with Gasteiger partial charge in [0.15, 0.2) is 5.96 Å². The lowest BCUT2D eigenvalue weighted by atomic mass is 10.1. The first-order valence-corrected chi connectivity index (χ1v) is 10.1. The SMILES string of the molecule is CCNC(=NCCCc1nn(-c2ccc(C)cc2)c(N)c1C#N)N1CC[C@@H](O)C1. The molecule has 0 spiro atoms. The second-order valence-electron chi connectivity index (χ2n) is 7.29. The fourth-order valence-electron chi connectivity index (χ4n) is 3.45. The van der Waals surface area contributed by atoms with E-state index in [1.54, 1.807) is 4.68 Å². The molecule has 0 saturated carbocycles. The number of nitriles is 1. The van der Waals surface area contributed by atoms with Gasteiger partial charge in [0.25, 0.3) is 0 Å². The lowest BCUT2D eigenvalue weighted by Crippen LogP contribution is -2.40. The van der Waals surface area contributed by atoms with E-state index in [0.29, 0.717) is 36.6 Å². The number of benzene rings is 1. The van der Waals surface area contributed by atoms with Crippen molar-refractivity contribution in [3.05, 3.63) is 41.1 Å². The minimum absolute atomic E-state index is 0.286. The molecule has 29 heavy (non-hydrogen) atoms. The van der Waals surface area contributed by atoms with Gasteiger partial charge in [0.2, 0.25) is 0 Å². The maximum Gasteiger partial charge on any atom is 0.194 e. The summed E-state index contributed by atoms with van der Waals surface area (Å²) in [5.74, 6) is 1.20. The Labute approximate surface area is 171 Å². The molecule has 1 aliphatic heterocycles. The number of nitrogens with two attached hydrogens (primary N) is 1. The third-order valence-electron chi connectivity index (χ3n) is 5.02. The Bertz CT molecular complexity index is 895. The average Bonchev–Trinajstić information content (AvgIpc) is 3.28. The van der Waals surface area contributed by atoms with E-state index < -0.39 is 0 Å². The van der Waals surface area contributed by atoms with Gasteiger partial charge in [-0.1, -0.05) is 17.7 Å². The lowest BCUT2D eigenvalue weighted by molar-refractivity contribution is 0.188. The Balaban J connectivity index is 1.68. The summed E-state index contributed by atoms with van der Waals surface area (Å²) in [5, 5.41) is 27.2. The summed E-state index contributed by atoms with van der Waals surface area (Å²) < 4.78 is 1.63. The van der Waals surface area contributed by atoms with Crippen LogP contribution < -0.4 is 11.1 Å². The van der Waals surface area contributed by atoms with Gasteiger partial charge in [-0.25, -0.2) is 4.68 Å². The van der Waals surface area contributed by atoms with Crippen LogP contribution in [0.3, 0.4) is 0 Å². The number of β-amino-alcohol motifs (C(OH)–C–C–N with tert-alkyl or cyclic N) is 1. The van der Waals surface area contributed by atoms with Crippen LogP contribution in [-0.4, -0.2) is 58.0 Å². The number of likely N-dealkylation sites (tertiary alicyclic amines) is 1. The molecule has 8 heteroatoms. The number of nitrogen functional groups attached to an aromatic ring is 1. The summed E-state index contributed by atoms with van der Waals surface area (Å²) in [7, 11) is 0. The highest BCUT2D eigenvalue weighted by Gasteiger charge is 2.22. The predicted molar refractivity (Wildman–Crippen MR) is 114 cm³/mol. The molecule has 1 fully saturated rings. The van der Waals surface area contributed by atoms with Gasteiger partial charge >= 0.3 is 0 Å². The zero-order chi connectivity index (χ0) is 20.8. The highest BCUT2D eigenvalue weighted by molar-refractivity contribution is 5.80. The van der Waals surface area contributed by atoms with Crippen molar-refractivity contribution in [3.63, 3.8) is 0 Å².